The number of rotatable bonds is 10. The number of fused-ring (bicyclic) bond motifs is 2. The summed E-state index contributed by atoms with van der Waals surface area (Å²) in [7, 11) is 0. The lowest BCUT2D eigenvalue weighted by Crippen LogP contribution is -2.38. The first-order valence-electron chi connectivity index (χ1n) is 19.9. The fraction of sp³-hybridized carbons (Fsp3) is 0.500. The van der Waals surface area contributed by atoms with Crippen LogP contribution in [0.5, 0.6) is 0 Å². The highest BCUT2D eigenvalue weighted by molar-refractivity contribution is 8.00. The van der Waals surface area contributed by atoms with E-state index in [2.05, 4.69) is 19.8 Å². The zero-order valence-corrected chi connectivity index (χ0v) is 34.4. The van der Waals surface area contributed by atoms with Gasteiger partial charge in [-0.15, -0.1) is 0 Å². The molecule has 4 aliphatic heterocycles. The molecule has 2 saturated heterocycles. The number of aryl methyl sites for hydroxylation is 2. The van der Waals surface area contributed by atoms with Crippen LogP contribution in [0.3, 0.4) is 0 Å². The Kier molecular flexibility index (Phi) is 13.6. The second kappa shape index (κ2) is 18.7. The second-order valence-electron chi connectivity index (χ2n) is 15.6. The average Bonchev–Trinajstić information content (AvgIpc) is 3.79. The molecule has 6 heterocycles. The summed E-state index contributed by atoms with van der Waals surface area (Å²) in [6.07, 6.45) is 3.91. The Hall–Kier alpha value is -3.77. The zero-order chi connectivity index (χ0) is 41.1. The van der Waals surface area contributed by atoms with Crippen LogP contribution in [0, 0.1) is 37.3 Å². The van der Waals surface area contributed by atoms with Gasteiger partial charge < -0.3 is 25.1 Å². The van der Waals surface area contributed by atoms with E-state index in [0.717, 1.165) is 87.5 Å². The first kappa shape index (κ1) is 42.4. The Bertz CT molecular complexity index is 2210. The van der Waals surface area contributed by atoms with Crippen molar-refractivity contribution in [2.24, 2.45) is 11.8 Å². The normalized spacial score (nSPS) is 20.7. The van der Waals surface area contributed by atoms with Crippen molar-refractivity contribution in [1.82, 2.24) is 28.9 Å². The number of carbonyl (C=O) groups excluding carboxylic acids is 1. The number of ketones is 1. The Balaban J connectivity index is 0.000000177. The topological polar surface area (TPSA) is 154 Å². The van der Waals surface area contributed by atoms with Crippen LogP contribution in [0.2, 0.25) is 0 Å². The van der Waals surface area contributed by atoms with Gasteiger partial charge in [0.1, 0.15) is 22.5 Å². The number of halogens is 2. The summed E-state index contributed by atoms with van der Waals surface area (Å²) in [6, 6.07) is 11.8. The monoisotopic (exact) mass is 836 g/mol. The van der Waals surface area contributed by atoms with Crippen molar-refractivity contribution in [3.8, 4) is 0 Å². The summed E-state index contributed by atoms with van der Waals surface area (Å²) in [5.41, 5.74) is 2.91. The Morgan fingerprint density at radius 2 is 1.16 bits per heavy atom. The highest BCUT2D eigenvalue weighted by atomic mass is 32.2. The molecule has 12 nitrogen and oxygen atoms in total. The van der Waals surface area contributed by atoms with Crippen LogP contribution in [-0.2, 0) is 25.9 Å². The molecule has 2 aromatic carbocycles. The summed E-state index contributed by atoms with van der Waals surface area (Å²) in [5.74, 6) is -0.432. The van der Waals surface area contributed by atoms with Gasteiger partial charge in [-0.05, 0) is 126 Å². The maximum absolute atomic E-state index is 13.1. The van der Waals surface area contributed by atoms with Crippen LogP contribution in [0.4, 0.5) is 8.78 Å². The lowest BCUT2D eigenvalue weighted by molar-refractivity contribution is 0.0591. The van der Waals surface area contributed by atoms with Crippen LogP contribution < -0.4 is 11.1 Å². The number of hydrogen-bond donors (Lipinski definition) is 3. The summed E-state index contributed by atoms with van der Waals surface area (Å²) < 4.78 is 29.3. The highest BCUT2D eigenvalue weighted by Gasteiger charge is 2.30. The number of piperidine rings is 2. The number of benzene rings is 2. The molecule has 3 N–H and O–H groups in total. The number of aliphatic hydroxyl groups excluding tert-OH is 3. The van der Waals surface area contributed by atoms with E-state index in [4.69, 9.17) is 0 Å². The van der Waals surface area contributed by atoms with Crippen molar-refractivity contribution in [1.29, 1.82) is 0 Å². The maximum atomic E-state index is 13.1. The SMILES string of the molecule is Cc1nc2n(c(=O)c1CCN1CCC(C(=O)c3ccc(F)cc3)CC1)CC(O)S2.Cc1nc2n(c(=O)c1CCN1CCC(C(O)c3ccc(F)cc3)CC1)CC(O)S2. The van der Waals surface area contributed by atoms with Crippen LogP contribution in [0.15, 0.2) is 68.4 Å². The minimum absolute atomic E-state index is 0.0377. The minimum atomic E-state index is -0.609. The third-order valence-corrected chi connectivity index (χ3v) is 13.6. The molecular weight excluding hydrogens is 787 g/mol. The first-order chi connectivity index (χ1) is 27.8. The quantitative estimate of drug-likeness (QED) is 0.154. The maximum Gasteiger partial charge on any atom is 0.257 e. The molecule has 58 heavy (non-hydrogen) atoms. The van der Waals surface area contributed by atoms with Gasteiger partial charge in [0.15, 0.2) is 16.1 Å². The Morgan fingerprint density at radius 1 is 0.724 bits per heavy atom. The van der Waals surface area contributed by atoms with Gasteiger partial charge in [-0.3, -0.25) is 23.5 Å². The van der Waals surface area contributed by atoms with Crippen molar-refractivity contribution in [3.05, 3.63) is 115 Å². The van der Waals surface area contributed by atoms with E-state index >= 15 is 0 Å². The van der Waals surface area contributed by atoms with Crippen LogP contribution in [0.25, 0.3) is 0 Å². The van der Waals surface area contributed by atoms with E-state index in [-0.39, 0.29) is 46.9 Å². The van der Waals surface area contributed by atoms with E-state index in [1.54, 1.807) is 33.4 Å². The molecule has 4 aromatic rings. The smallest absolute Gasteiger partial charge is 0.257 e. The molecule has 16 heteroatoms. The number of aromatic nitrogens is 4. The summed E-state index contributed by atoms with van der Waals surface area (Å²) in [5, 5.41) is 31.3. The summed E-state index contributed by atoms with van der Waals surface area (Å²) >= 11 is 2.45. The minimum Gasteiger partial charge on any atom is -0.388 e. The first-order valence-corrected chi connectivity index (χ1v) is 21.7. The van der Waals surface area contributed by atoms with Gasteiger partial charge in [0.2, 0.25) is 0 Å². The van der Waals surface area contributed by atoms with Crippen molar-refractivity contribution in [3.63, 3.8) is 0 Å². The number of likely N-dealkylation sites (tertiary alicyclic amines) is 2. The van der Waals surface area contributed by atoms with Gasteiger partial charge in [0, 0.05) is 47.1 Å². The van der Waals surface area contributed by atoms with Crippen molar-refractivity contribution < 1.29 is 28.9 Å². The predicted molar refractivity (Wildman–Crippen MR) is 218 cm³/mol. The summed E-state index contributed by atoms with van der Waals surface area (Å²) in [6.45, 7) is 9.10. The molecule has 310 valence electrons. The molecule has 0 radical (unpaired) electrons. The van der Waals surface area contributed by atoms with Gasteiger partial charge in [-0.25, -0.2) is 18.7 Å². The Labute approximate surface area is 344 Å². The van der Waals surface area contributed by atoms with E-state index < -0.39 is 17.0 Å². The third kappa shape index (κ3) is 9.81. The van der Waals surface area contributed by atoms with E-state index in [9.17, 15) is 38.5 Å². The number of nitrogens with zero attached hydrogens (tertiary/aromatic N) is 6. The van der Waals surface area contributed by atoms with Crippen LogP contribution in [0.1, 0.15) is 70.2 Å². The van der Waals surface area contributed by atoms with Gasteiger partial charge in [-0.2, -0.15) is 0 Å². The fourth-order valence-electron chi connectivity index (χ4n) is 8.29. The molecule has 3 atom stereocenters. The van der Waals surface area contributed by atoms with Crippen LogP contribution >= 0.6 is 23.5 Å². The molecule has 0 amide bonds. The molecule has 0 bridgehead atoms. The fourth-order valence-corrected chi connectivity index (χ4v) is 10.2. The molecule has 8 rings (SSSR count). The predicted octanol–water partition coefficient (Wildman–Crippen LogP) is 4.36. The number of carbonyl (C=O) groups is 1. The molecule has 2 fully saturated rings. The van der Waals surface area contributed by atoms with Gasteiger partial charge in [0.05, 0.1) is 19.2 Å². The molecule has 4 aliphatic rings. The van der Waals surface area contributed by atoms with Crippen LogP contribution in [-0.4, -0.2) is 100 Å². The van der Waals surface area contributed by atoms with Gasteiger partial charge in [-0.1, -0.05) is 35.7 Å². The molecule has 2 aromatic heterocycles. The largest absolute Gasteiger partial charge is 0.388 e. The number of Topliss-reactive ketones (excluding diaryl/α,β-unsaturated/α-hetero) is 1. The van der Waals surface area contributed by atoms with Crippen molar-refractivity contribution in [2.75, 3.05) is 39.3 Å². The second-order valence-corrected chi connectivity index (χ2v) is 17.8. The Morgan fingerprint density at radius 3 is 1.62 bits per heavy atom. The molecule has 3 unspecified atom stereocenters. The standard InChI is InChI=1S/C21H26FN3O3S.C21H24FN3O3S/c2*1-13-17(20(28)25-12-18(26)29-21(25)23-13)8-11-24-9-6-15(7-10-24)19(27)14-2-4-16(22)5-3-14/h2-5,15,18-19,26-27H,6-12H2,1H3;2-5,15,18,26H,6-12H2,1H3. The lowest BCUT2D eigenvalue weighted by Gasteiger charge is -2.34. The van der Waals surface area contributed by atoms with E-state index in [1.165, 1.54) is 47.8 Å². The van der Waals surface area contributed by atoms with Gasteiger partial charge >= 0.3 is 0 Å². The number of hydrogen-bond acceptors (Lipinski definition) is 12. The zero-order valence-electron chi connectivity index (χ0n) is 32.7. The number of aliphatic hydroxyl groups is 3. The summed E-state index contributed by atoms with van der Waals surface area (Å²) in [4.78, 5) is 51.6. The molecule has 0 saturated carbocycles. The van der Waals surface area contributed by atoms with E-state index in [0.29, 0.717) is 40.8 Å². The van der Waals surface area contributed by atoms with Gasteiger partial charge in [0.25, 0.3) is 11.1 Å². The lowest BCUT2D eigenvalue weighted by atomic mass is 9.87. The molecule has 0 spiro atoms. The van der Waals surface area contributed by atoms with E-state index in [1.807, 2.05) is 13.8 Å². The van der Waals surface area contributed by atoms with Crippen molar-refractivity contribution >= 4 is 29.3 Å². The number of thioether (sulfide) groups is 2. The molecular formula is C42H50F2N6O6S2. The van der Waals surface area contributed by atoms with Crippen molar-refractivity contribution in [2.45, 2.75) is 92.8 Å². The average molecular weight is 837 g/mol. The third-order valence-electron chi connectivity index (χ3n) is 11.8. The molecule has 0 aliphatic carbocycles. The highest BCUT2D eigenvalue weighted by Crippen LogP contribution is 2.32.